The standard InChI is InChI=1S/C14H20N2O/c1-14(2)7-12(14)13(17)16-9-11-5-3-10(8-15)4-6-11/h3-6,12H,7-9,15H2,1-2H3,(H,16,17). The molecule has 1 aromatic carbocycles. The van der Waals surface area contributed by atoms with Crippen LogP contribution in [0.1, 0.15) is 31.4 Å². The predicted molar refractivity (Wildman–Crippen MR) is 68.1 cm³/mol. The van der Waals surface area contributed by atoms with Crippen molar-refractivity contribution in [3.63, 3.8) is 0 Å². The Balaban J connectivity index is 1.83. The number of hydrogen-bond acceptors (Lipinski definition) is 2. The molecule has 0 aliphatic heterocycles. The molecule has 0 radical (unpaired) electrons. The summed E-state index contributed by atoms with van der Waals surface area (Å²) in [6.07, 6.45) is 1.00. The molecule has 0 aromatic heterocycles. The molecule has 1 unspecified atom stereocenters. The molecule has 17 heavy (non-hydrogen) atoms. The van der Waals surface area contributed by atoms with E-state index in [4.69, 9.17) is 5.73 Å². The van der Waals surface area contributed by atoms with Gasteiger partial charge in [0.05, 0.1) is 0 Å². The normalized spacial score (nSPS) is 21.0. The van der Waals surface area contributed by atoms with Crippen molar-refractivity contribution in [1.29, 1.82) is 0 Å². The fourth-order valence-electron chi connectivity index (χ4n) is 2.02. The topological polar surface area (TPSA) is 55.1 Å². The molecule has 0 heterocycles. The van der Waals surface area contributed by atoms with Gasteiger partial charge in [-0.25, -0.2) is 0 Å². The highest BCUT2D eigenvalue weighted by Crippen LogP contribution is 2.51. The van der Waals surface area contributed by atoms with Gasteiger partial charge in [-0.1, -0.05) is 38.1 Å². The van der Waals surface area contributed by atoms with Crippen LogP contribution in [0.15, 0.2) is 24.3 Å². The predicted octanol–water partition coefficient (Wildman–Crippen LogP) is 1.81. The maximum absolute atomic E-state index is 11.8. The van der Waals surface area contributed by atoms with Gasteiger partial charge in [0.25, 0.3) is 0 Å². The van der Waals surface area contributed by atoms with E-state index < -0.39 is 0 Å². The van der Waals surface area contributed by atoms with E-state index in [1.54, 1.807) is 0 Å². The maximum atomic E-state index is 11.8. The Morgan fingerprint density at radius 2 is 1.88 bits per heavy atom. The van der Waals surface area contributed by atoms with Crippen LogP contribution in [0.5, 0.6) is 0 Å². The zero-order valence-electron chi connectivity index (χ0n) is 10.5. The molecule has 0 saturated heterocycles. The first-order valence-electron chi connectivity index (χ1n) is 6.08. The Bertz CT molecular complexity index is 409. The summed E-state index contributed by atoms with van der Waals surface area (Å²) in [5.74, 6) is 0.378. The zero-order valence-corrected chi connectivity index (χ0v) is 10.5. The monoisotopic (exact) mass is 232 g/mol. The van der Waals surface area contributed by atoms with Gasteiger partial charge in [-0.15, -0.1) is 0 Å². The van der Waals surface area contributed by atoms with Crippen molar-refractivity contribution in [3.8, 4) is 0 Å². The second-order valence-electron chi connectivity index (χ2n) is 5.48. The number of nitrogens with two attached hydrogens (primary N) is 1. The van der Waals surface area contributed by atoms with Crippen molar-refractivity contribution in [2.75, 3.05) is 0 Å². The Hall–Kier alpha value is -1.35. The van der Waals surface area contributed by atoms with Crippen molar-refractivity contribution in [2.24, 2.45) is 17.1 Å². The fraction of sp³-hybridized carbons (Fsp3) is 0.500. The third-order valence-electron chi connectivity index (χ3n) is 3.56. The quantitative estimate of drug-likeness (QED) is 0.831. The number of nitrogens with one attached hydrogen (secondary N) is 1. The Kier molecular flexibility index (Phi) is 3.20. The summed E-state index contributed by atoms with van der Waals surface area (Å²) in [6.45, 7) is 5.43. The molecule has 1 atom stereocenters. The van der Waals surface area contributed by atoms with Crippen LogP contribution in [0, 0.1) is 11.3 Å². The van der Waals surface area contributed by atoms with Crippen LogP contribution < -0.4 is 11.1 Å². The third-order valence-corrected chi connectivity index (χ3v) is 3.56. The number of carbonyl (C=O) groups excluding carboxylic acids is 1. The van der Waals surface area contributed by atoms with Crippen molar-refractivity contribution in [1.82, 2.24) is 5.32 Å². The van der Waals surface area contributed by atoms with Gasteiger partial charge in [0, 0.05) is 19.0 Å². The molecule has 3 N–H and O–H groups in total. The van der Waals surface area contributed by atoms with Gasteiger partial charge in [-0.05, 0) is 23.0 Å². The van der Waals surface area contributed by atoms with Crippen LogP contribution in [0.25, 0.3) is 0 Å². The molecule has 0 spiro atoms. The highest BCUT2D eigenvalue weighted by molar-refractivity contribution is 5.82. The minimum Gasteiger partial charge on any atom is -0.352 e. The number of rotatable bonds is 4. The summed E-state index contributed by atoms with van der Waals surface area (Å²) in [7, 11) is 0. The molecule has 1 saturated carbocycles. The molecule has 3 nitrogen and oxygen atoms in total. The summed E-state index contributed by atoms with van der Waals surface area (Å²) < 4.78 is 0. The van der Waals surface area contributed by atoms with E-state index in [0.29, 0.717) is 13.1 Å². The smallest absolute Gasteiger partial charge is 0.223 e. The van der Waals surface area contributed by atoms with Gasteiger partial charge in [-0.2, -0.15) is 0 Å². The second kappa shape index (κ2) is 4.49. The maximum Gasteiger partial charge on any atom is 0.223 e. The van der Waals surface area contributed by atoms with Crippen LogP contribution in [-0.2, 0) is 17.9 Å². The summed E-state index contributed by atoms with van der Waals surface area (Å²) in [6, 6.07) is 8.03. The molecule has 0 bridgehead atoms. The first-order valence-corrected chi connectivity index (χ1v) is 6.08. The lowest BCUT2D eigenvalue weighted by atomic mass is 10.1. The Labute approximate surface area is 102 Å². The van der Waals surface area contributed by atoms with Crippen LogP contribution in [-0.4, -0.2) is 5.91 Å². The van der Waals surface area contributed by atoms with Crippen LogP contribution in [0.2, 0.25) is 0 Å². The van der Waals surface area contributed by atoms with Crippen LogP contribution in [0.3, 0.4) is 0 Å². The van der Waals surface area contributed by atoms with Crippen LogP contribution in [0.4, 0.5) is 0 Å². The van der Waals surface area contributed by atoms with E-state index in [1.165, 1.54) is 0 Å². The van der Waals surface area contributed by atoms with Gasteiger partial charge < -0.3 is 11.1 Å². The van der Waals surface area contributed by atoms with Crippen molar-refractivity contribution in [3.05, 3.63) is 35.4 Å². The van der Waals surface area contributed by atoms with Crippen LogP contribution >= 0.6 is 0 Å². The van der Waals surface area contributed by atoms with E-state index in [1.807, 2.05) is 24.3 Å². The third kappa shape index (κ3) is 2.86. The van der Waals surface area contributed by atoms with E-state index >= 15 is 0 Å². The minimum absolute atomic E-state index is 0.179. The molecule has 1 fully saturated rings. The lowest BCUT2D eigenvalue weighted by Gasteiger charge is -2.07. The van der Waals surface area contributed by atoms with Gasteiger partial charge in [0.1, 0.15) is 0 Å². The van der Waals surface area contributed by atoms with E-state index in [0.717, 1.165) is 17.5 Å². The molecule has 1 amide bonds. The first-order chi connectivity index (χ1) is 8.03. The average molecular weight is 232 g/mol. The summed E-state index contributed by atoms with van der Waals surface area (Å²) in [5, 5.41) is 2.98. The highest BCUT2D eigenvalue weighted by atomic mass is 16.2. The first kappa shape index (κ1) is 12.1. The summed E-state index contributed by atoms with van der Waals surface area (Å²) in [4.78, 5) is 11.8. The van der Waals surface area contributed by atoms with Gasteiger partial charge in [-0.3, -0.25) is 4.79 Å². The fourth-order valence-corrected chi connectivity index (χ4v) is 2.02. The number of benzene rings is 1. The number of hydrogen-bond donors (Lipinski definition) is 2. The van der Waals surface area contributed by atoms with Crippen molar-refractivity contribution >= 4 is 5.91 Å². The van der Waals surface area contributed by atoms with E-state index in [9.17, 15) is 4.79 Å². The number of carbonyl (C=O) groups is 1. The molecular weight excluding hydrogens is 212 g/mol. The largest absolute Gasteiger partial charge is 0.352 e. The molecule has 92 valence electrons. The van der Waals surface area contributed by atoms with Crippen molar-refractivity contribution < 1.29 is 4.79 Å². The van der Waals surface area contributed by atoms with E-state index in [-0.39, 0.29) is 17.2 Å². The lowest BCUT2D eigenvalue weighted by molar-refractivity contribution is -0.123. The minimum atomic E-state index is 0.179. The SMILES string of the molecule is CC1(C)CC1C(=O)NCc1ccc(CN)cc1. The summed E-state index contributed by atoms with van der Waals surface area (Å²) >= 11 is 0. The molecular formula is C14H20N2O. The second-order valence-corrected chi connectivity index (χ2v) is 5.48. The Morgan fingerprint density at radius 3 is 2.35 bits per heavy atom. The summed E-state index contributed by atoms with van der Waals surface area (Å²) in [5.41, 5.74) is 7.97. The van der Waals surface area contributed by atoms with E-state index in [2.05, 4.69) is 19.2 Å². The Morgan fingerprint density at radius 1 is 1.35 bits per heavy atom. The van der Waals surface area contributed by atoms with Gasteiger partial charge in [0.15, 0.2) is 0 Å². The molecule has 1 aliphatic rings. The lowest BCUT2D eigenvalue weighted by Crippen LogP contribution is -2.26. The zero-order chi connectivity index (χ0) is 12.5. The van der Waals surface area contributed by atoms with Crippen molar-refractivity contribution in [2.45, 2.75) is 33.4 Å². The molecule has 1 aromatic rings. The highest BCUT2D eigenvalue weighted by Gasteiger charge is 2.50. The van der Waals surface area contributed by atoms with Gasteiger partial charge >= 0.3 is 0 Å². The average Bonchev–Trinajstić information content (AvgIpc) is 2.96. The van der Waals surface area contributed by atoms with Gasteiger partial charge in [0.2, 0.25) is 5.91 Å². The molecule has 3 heteroatoms. The number of amides is 1. The molecule has 2 rings (SSSR count). The molecule has 1 aliphatic carbocycles.